The molecule has 1 amide bonds. The van der Waals surface area contributed by atoms with Crippen molar-refractivity contribution < 1.29 is 23.9 Å². The highest BCUT2D eigenvalue weighted by Crippen LogP contribution is 2.39. The second kappa shape index (κ2) is 5.82. The van der Waals surface area contributed by atoms with Crippen LogP contribution in [0.4, 0.5) is 4.79 Å². The van der Waals surface area contributed by atoms with E-state index in [-0.39, 0.29) is 6.61 Å². The summed E-state index contributed by atoms with van der Waals surface area (Å²) in [5.74, 6) is -1.26. The normalized spacial score (nSPS) is 12.9. The van der Waals surface area contributed by atoms with Crippen molar-refractivity contribution in [1.29, 1.82) is 0 Å². The van der Waals surface area contributed by atoms with Gasteiger partial charge in [0.2, 0.25) is 0 Å². The molecule has 6 nitrogen and oxygen atoms in total. The predicted molar refractivity (Wildman–Crippen MR) is 61.3 cm³/mol. The average Bonchev–Trinajstić information content (AvgIpc) is 2.26. The largest absolute Gasteiger partial charge is 0.445 e. The van der Waals surface area contributed by atoms with Crippen molar-refractivity contribution in [3.8, 4) is 0 Å². The highest BCUT2D eigenvalue weighted by molar-refractivity contribution is 7.52. The van der Waals surface area contributed by atoms with E-state index in [2.05, 4.69) is 5.32 Å². The molecule has 94 valence electrons. The molecule has 0 aromatic heterocycles. The Balaban J connectivity index is 2.39. The molecule has 1 atom stereocenters. The minimum Gasteiger partial charge on any atom is -0.445 e. The number of amides is 1. The van der Waals surface area contributed by atoms with E-state index in [0.717, 1.165) is 5.56 Å². The maximum atomic E-state index is 11.2. The SMILES string of the molecule is C[C@H](NC(=O)OCc1ccccc1)P(=O)(O)O. The molecular formula is C10H14NO5P. The Hall–Kier alpha value is -1.36. The van der Waals surface area contributed by atoms with Crippen molar-refractivity contribution in [2.75, 3.05) is 0 Å². The van der Waals surface area contributed by atoms with Crippen molar-refractivity contribution >= 4 is 13.7 Å². The fourth-order valence-corrected chi connectivity index (χ4v) is 1.29. The molecule has 0 saturated carbocycles. The molecule has 0 radical (unpaired) electrons. The second-order valence-corrected chi connectivity index (χ2v) is 5.42. The third-order valence-electron chi connectivity index (χ3n) is 2.04. The number of hydrogen-bond donors (Lipinski definition) is 3. The summed E-state index contributed by atoms with van der Waals surface area (Å²) >= 11 is 0. The van der Waals surface area contributed by atoms with E-state index < -0.39 is 19.5 Å². The van der Waals surface area contributed by atoms with Gasteiger partial charge < -0.3 is 19.8 Å². The van der Waals surface area contributed by atoms with Crippen molar-refractivity contribution in [2.24, 2.45) is 0 Å². The van der Waals surface area contributed by atoms with E-state index in [1.165, 1.54) is 6.92 Å². The first kappa shape index (κ1) is 13.7. The molecule has 0 unspecified atom stereocenters. The van der Waals surface area contributed by atoms with Gasteiger partial charge in [0.1, 0.15) is 12.4 Å². The minimum absolute atomic E-state index is 0.0561. The van der Waals surface area contributed by atoms with E-state index >= 15 is 0 Å². The number of nitrogens with one attached hydrogen (secondary N) is 1. The van der Waals surface area contributed by atoms with E-state index in [4.69, 9.17) is 14.5 Å². The summed E-state index contributed by atoms with van der Waals surface area (Å²) in [5, 5.41) is 2.07. The molecule has 1 aromatic rings. The van der Waals surface area contributed by atoms with Gasteiger partial charge in [-0.2, -0.15) is 0 Å². The Kier molecular flexibility index (Phi) is 4.69. The molecule has 0 heterocycles. The molecule has 0 fully saturated rings. The summed E-state index contributed by atoms with van der Waals surface area (Å²) in [7, 11) is -4.32. The van der Waals surface area contributed by atoms with Gasteiger partial charge in [0.05, 0.1) is 0 Å². The van der Waals surface area contributed by atoms with E-state index in [9.17, 15) is 9.36 Å². The van der Waals surface area contributed by atoms with Crippen molar-refractivity contribution in [2.45, 2.75) is 19.3 Å². The number of carbonyl (C=O) groups is 1. The van der Waals surface area contributed by atoms with Crippen LogP contribution in [0.15, 0.2) is 30.3 Å². The summed E-state index contributed by atoms with van der Waals surface area (Å²) in [6.07, 6.45) is -0.857. The smallest absolute Gasteiger partial charge is 0.408 e. The summed E-state index contributed by atoms with van der Waals surface area (Å²) in [5.41, 5.74) is 0.798. The molecule has 0 saturated heterocycles. The third-order valence-corrected chi connectivity index (χ3v) is 3.18. The van der Waals surface area contributed by atoms with Crippen LogP contribution in [0.25, 0.3) is 0 Å². The first-order valence-corrected chi connectivity index (χ1v) is 6.60. The van der Waals surface area contributed by atoms with Crippen molar-refractivity contribution in [3.63, 3.8) is 0 Å². The Morgan fingerprint density at radius 3 is 2.53 bits per heavy atom. The minimum atomic E-state index is -4.32. The average molecular weight is 259 g/mol. The highest BCUT2D eigenvalue weighted by atomic mass is 31.2. The van der Waals surface area contributed by atoms with Gasteiger partial charge in [-0.15, -0.1) is 0 Å². The predicted octanol–water partition coefficient (Wildman–Crippen LogP) is 1.44. The molecule has 0 aliphatic carbocycles. The molecule has 0 aliphatic rings. The van der Waals surface area contributed by atoms with E-state index in [0.29, 0.717) is 0 Å². The van der Waals surface area contributed by atoms with Gasteiger partial charge in [-0.1, -0.05) is 30.3 Å². The zero-order valence-electron chi connectivity index (χ0n) is 9.24. The number of rotatable bonds is 4. The number of alkyl carbamates (subject to hydrolysis) is 1. The van der Waals surface area contributed by atoms with Gasteiger partial charge in [-0.3, -0.25) is 4.57 Å². The Labute approximate surface area is 98.8 Å². The van der Waals surface area contributed by atoms with Crippen LogP contribution in [-0.4, -0.2) is 21.7 Å². The molecule has 1 rings (SSSR count). The zero-order valence-corrected chi connectivity index (χ0v) is 10.1. The number of carbonyl (C=O) groups excluding carboxylic acids is 1. The molecular weight excluding hydrogens is 245 g/mol. The first-order valence-electron chi connectivity index (χ1n) is 4.92. The maximum Gasteiger partial charge on any atom is 0.408 e. The lowest BCUT2D eigenvalue weighted by molar-refractivity contribution is 0.137. The summed E-state index contributed by atoms with van der Waals surface area (Å²) < 4.78 is 15.6. The number of hydrogen-bond acceptors (Lipinski definition) is 3. The summed E-state index contributed by atoms with van der Waals surface area (Å²) in [4.78, 5) is 28.7. The maximum absolute atomic E-state index is 11.2. The lowest BCUT2D eigenvalue weighted by Crippen LogP contribution is -2.32. The second-order valence-electron chi connectivity index (χ2n) is 3.47. The fraction of sp³-hybridized carbons (Fsp3) is 0.300. The molecule has 17 heavy (non-hydrogen) atoms. The quantitative estimate of drug-likeness (QED) is 0.711. The lowest BCUT2D eigenvalue weighted by Gasteiger charge is -2.15. The van der Waals surface area contributed by atoms with Crippen LogP contribution in [0, 0.1) is 0 Å². The Morgan fingerprint density at radius 2 is 2.00 bits per heavy atom. The van der Waals surface area contributed by atoms with Crippen molar-refractivity contribution in [1.82, 2.24) is 5.32 Å². The van der Waals surface area contributed by atoms with Gasteiger partial charge in [-0.25, -0.2) is 4.79 Å². The summed E-state index contributed by atoms with van der Waals surface area (Å²) in [6.45, 7) is 1.27. The van der Waals surface area contributed by atoms with Crippen LogP contribution in [-0.2, 0) is 15.9 Å². The highest BCUT2D eigenvalue weighted by Gasteiger charge is 2.25. The molecule has 0 aliphatic heterocycles. The third kappa shape index (κ3) is 4.99. The first-order chi connectivity index (χ1) is 7.89. The van der Waals surface area contributed by atoms with Crippen LogP contribution >= 0.6 is 7.60 Å². The Bertz CT molecular complexity index is 416. The van der Waals surface area contributed by atoms with Crippen molar-refractivity contribution in [3.05, 3.63) is 35.9 Å². The number of benzene rings is 1. The van der Waals surface area contributed by atoms with E-state index in [1.54, 1.807) is 24.3 Å². The van der Waals surface area contributed by atoms with E-state index in [1.807, 2.05) is 6.07 Å². The van der Waals surface area contributed by atoms with Crippen LogP contribution < -0.4 is 5.32 Å². The standard InChI is InChI=1S/C10H14NO5P/c1-8(17(13,14)15)11-10(12)16-7-9-5-3-2-4-6-9/h2-6,8H,7H2,1H3,(H,11,12)(H2,13,14,15)/t8-/m1/s1. The van der Waals surface area contributed by atoms with Crippen LogP contribution in [0.5, 0.6) is 0 Å². The van der Waals surface area contributed by atoms with Gasteiger partial charge in [-0.05, 0) is 12.5 Å². The molecule has 0 bridgehead atoms. The van der Waals surface area contributed by atoms with Gasteiger partial charge in [0.25, 0.3) is 0 Å². The van der Waals surface area contributed by atoms with Gasteiger partial charge in [0.15, 0.2) is 0 Å². The lowest BCUT2D eigenvalue weighted by atomic mass is 10.2. The summed E-state index contributed by atoms with van der Waals surface area (Å²) in [6, 6.07) is 8.99. The topological polar surface area (TPSA) is 95.9 Å². The van der Waals surface area contributed by atoms with Gasteiger partial charge in [0, 0.05) is 0 Å². The fourth-order valence-electron chi connectivity index (χ4n) is 1.02. The monoisotopic (exact) mass is 259 g/mol. The number of ether oxygens (including phenoxy) is 1. The molecule has 7 heteroatoms. The molecule has 1 aromatic carbocycles. The zero-order chi connectivity index (χ0) is 12.9. The van der Waals surface area contributed by atoms with Crippen LogP contribution in [0.3, 0.4) is 0 Å². The van der Waals surface area contributed by atoms with Gasteiger partial charge >= 0.3 is 13.7 Å². The van der Waals surface area contributed by atoms with Crippen LogP contribution in [0.1, 0.15) is 12.5 Å². The molecule has 0 spiro atoms. The Morgan fingerprint density at radius 1 is 1.41 bits per heavy atom. The molecule has 3 N–H and O–H groups in total. The van der Waals surface area contributed by atoms with Crippen LogP contribution in [0.2, 0.25) is 0 Å².